The van der Waals surface area contributed by atoms with Crippen LogP contribution in [0.25, 0.3) is 0 Å². The van der Waals surface area contributed by atoms with E-state index >= 15 is 0 Å². The van der Waals surface area contributed by atoms with Gasteiger partial charge in [-0.15, -0.1) is 0 Å². The van der Waals surface area contributed by atoms with E-state index in [9.17, 15) is 4.79 Å². The predicted molar refractivity (Wildman–Crippen MR) is 122 cm³/mol. The summed E-state index contributed by atoms with van der Waals surface area (Å²) in [6.07, 6.45) is 0. The normalized spacial score (nSPS) is 11.1. The molecular formula is C25H26ClNO3. The van der Waals surface area contributed by atoms with Gasteiger partial charge < -0.3 is 14.8 Å². The Kier molecular flexibility index (Phi) is 6.68. The summed E-state index contributed by atoms with van der Waals surface area (Å²) < 4.78 is 11.4. The molecule has 0 radical (unpaired) electrons. The number of carbonyl (C=O) groups is 1. The third kappa shape index (κ3) is 5.55. The molecule has 5 heteroatoms. The van der Waals surface area contributed by atoms with Crippen molar-refractivity contribution in [3.63, 3.8) is 0 Å². The molecule has 3 aromatic carbocycles. The molecule has 0 saturated carbocycles. The number of carbonyl (C=O) groups excluding carboxylic acids is 1. The van der Waals surface area contributed by atoms with Crippen molar-refractivity contribution in [1.82, 2.24) is 0 Å². The molecule has 1 amide bonds. The van der Waals surface area contributed by atoms with Gasteiger partial charge in [-0.2, -0.15) is 0 Å². The number of hydrogen-bond acceptors (Lipinski definition) is 3. The zero-order valence-electron chi connectivity index (χ0n) is 17.7. The SMILES string of the molecule is COc1ccc(C(=O)Nc2ccc(Cl)cc2)cc1COc1ccc(C(C)(C)C)cc1. The highest BCUT2D eigenvalue weighted by atomic mass is 35.5. The molecule has 3 aromatic rings. The number of anilines is 1. The van der Waals surface area contributed by atoms with Crippen LogP contribution >= 0.6 is 11.6 Å². The first-order valence-corrected chi connectivity index (χ1v) is 10.1. The first-order chi connectivity index (χ1) is 14.3. The second-order valence-electron chi connectivity index (χ2n) is 8.05. The Balaban J connectivity index is 1.72. The third-order valence-corrected chi connectivity index (χ3v) is 5.01. The molecule has 0 fully saturated rings. The average molecular weight is 424 g/mol. The molecule has 0 saturated heterocycles. The van der Waals surface area contributed by atoms with Gasteiger partial charge in [-0.25, -0.2) is 0 Å². The minimum atomic E-state index is -0.212. The van der Waals surface area contributed by atoms with Crippen molar-refractivity contribution in [2.75, 3.05) is 12.4 Å². The summed E-state index contributed by atoms with van der Waals surface area (Å²) in [6, 6.07) is 20.3. The maximum atomic E-state index is 12.6. The van der Waals surface area contributed by atoms with E-state index < -0.39 is 0 Å². The molecule has 0 aromatic heterocycles. The second kappa shape index (κ2) is 9.23. The van der Waals surface area contributed by atoms with Crippen molar-refractivity contribution >= 4 is 23.2 Å². The maximum absolute atomic E-state index is 12.6. The lowest BCUT2D eigenvalue weighted by atomic mass is 9.87. The van der Waals surface area contributed by atoms with Gasteiger partial charge in [0.2, 0.25) is 0 Å². The first-order valence-electron chi connectivity index (χ1n) is 9.73. The van der Waals surface area contributed by atoms with E-state index in [4.69, 9.17) is 21.1 Å². The summed E-state index contributed by atoms with van der Waals surface area (Å²) >= 11 is 5.89. The highest BCUT2D eigenvalue weighted by molar-refractivity contribution is 6.30. The van der Waals surface area contributed by atoms with E-state index in [-0.39, 0.29) is 11.3 Å². The van der Waals surface area contributed by atoms with E-state index in [0.29, 0.717) is 28.6 Å². The van der Waals surface area contributed by atoms with Crippen molar-refractivity contribution in [3.8, 4) is 11.5 Å². The molecule has 30 heavy (non-hydrogen) atoms. The maximum Gasteiger partial charge on any atom is 0.255 e. The van der Waals surface area contributed by atoms with Gasteiger partial charge in [-0.1, -0.05) is 44.5 Å². The average Bonchev–Trinajstić information content (AvgIpc) is 2.73. The van der Waals surface area contributed by atoms with Crippen LogP contribution in [0.5, 0.6) is 11.5 Å². The predicted octanol–water partition coefficient (Wildman–Crippen LogP) is 6.48. The number of rotatable bonds is 6. The molecular weight excluding hydrogens is 398 g/mol. The fourth-order valence-corrected chi connectivity index (χ4v) is 3.11. The molecule has 0 aliphatic heterocycles. The standard InChI is InChI=1S/C25H26ClNO3/c1-25(2,3)19-6-12-22(13-7-19)30-16-18-15-17(5-14-23(18)29-4)24(28)27-21-10-8-20(26)9-11-21/h5-15H,16H2,1-4H3,(H,27,28). The van der Waals surface area contributed by atoms with Gasteiger partial charge in [-0.3, -0.25) is 4.79 Å². The number of ether oxygens (including phenoxy) is 2. The zero-order chi connectivity index (χ0) is 21.7. The number of halogens is 1. The molecule has 0 atom stereocenters. The summed E-state index contributed by atoms with van der Waals surface area (Å²) in [5.41, 5.74) is 3.33. The molecule has 0 bridgehead atoms. The van der Waals surface area contributed by atoms with E-state index in [0.717, 1.165) is 11.3 Å². The largest absolute Gasteiger partial charge is 0.496 e. The summed E-state index contributed by atoms with van der Waals surface area (Å²) in [5, 5.41) is 3.48. The van der Waals surface area contributed by atoms with Crippen LogP contribution in [0.15, 0.2) is 66.7 Å². The van der Waals surface area contributed by atoms with Crippen LogP contribution in [0.1, 0.15) is 42.3 Å². The number of nitrogens with one attached hydrogen (secondary N) is 1. The van der Waals surface area contributed by atoms with Crippen LogP contribution in [0.4, 0.5) is 5.69 Å². The van der Waals surface area contributed by atoms with Gasteiger partial charge in [0.25, 0.3) is 5.91 Å². The molecule has 0 unspecified atom stereocenters. The van der Waals surface area contributed by atoms with Gasteiger partial charge in [-0.05, 0) is 65.6 Å². The van der Waals surface area contributed by atoms with Gasteiger partial charge in [0.15, 0.2) is 0 Å². The molecule has 1 N–H and O–H groups in total. The smallest absolute Gasteiger partial charge is 0.255 e. The molecule has 0 aliphatic rings. The Bertz CT molecular complexity index is 1010. The van der Waals surface area contributed by atoms with Crippen LogP contribution in [0.2, 0.25) is 5.02 Å². The Labute approximate surface area is 182 Å². The van der Waals surface area contributed by atoms with E-state index in [2.05, 4.69) is 38.2 Å². The summed E-state index contributed by atoms with van der Waals surface area (Å²) in [4.78, 5) is 12.6. The van der Waals surface area contributed by atoms with Crippen LogP contribution in [0.3, 0.4) is 0 Å². The van der Waals surface area contributed by atoms with E-state index in [1.54, 1.807) is 49.6 Å². The van der Waals surface area contributed by atoms with E-state index in [1.807, 2.05) is 12.1 Å². The lowest BCUT2D eigenvalue weighted by Gasteiger charge is -2.19. The number of benzene rings is 3. The number of methoxy groups -OCH3 is 1. The molecule has 0 spiro atoms. The summed E-state index contributed by atoms with van der Waals surface area (Å²) in [6.45, 7) is 6.82. The first kappa shape index (κ1) is 21.7. The molecule has 156 valence electrons. The van der Waals surface area contributed by atoms with Crippen molar-refractivity contribution in [3.05, 3.63) is 88.4 Å². The quantitative estimate of drug-likeness (QED) is 0.493. The van der Waals surface area contributed by atoms with Gasteiger partial charge in [0.05, 0.1) is 7.11 Å². The summed E-state index contributed by atoms with van der Waals surface area (Å²) in [5.74, 6) is 1.22. The van der Waals surface area contributed by atoms with Gasteiger partial charge in [0.1, 0.15) is 18.1 Å². The van der Waals surface area contributed by atoms with Crippen LogP contribution in [-0.2, 0) is 12.0 Å². The van der Waals surface area contributed by atoms with Crippen molar-refractivity contribution < 1.29 is 14.3 Å². The zero-order valence-corrected chi connectivity index (χ0v) is 18.4. The van der Waals surface area contributed by atoms with Gasteiger partial charge in [0, 0.05) is 21.8 Å². The number of amides is 1. The minimum absolute atomic E-state index is 0.0908. The van der Waals surface area contributed by atoms with Crippen LogP contribution in [-0.4, -0.2) is 13.0 Å². The minimum Gasteiger partial charge on any atom is -0.496 e. The Morgan fingerprint density at radius 3 is 2.23 bits per heavy atom. The third-order valence-electron chi connectivity index (χ3n) is 4.76. The molecule has 3 rings (SSSR count). The molecule has 4 nitrogen and oxygen atoms in total. The Morgan fingerprint density at radius 1 is 0.967 bits per heavy atom. The fraction of sp³-hybridized carbons (Fsp3) is 0.240. The lowest BCUT2D eigenvalue weighted by Crippen LogP contribution is -2.13. The Morgan fingerprint density at radius 2 is 1.63 bits per heavy atom. The highest BCUT2D eigenvalue weighted by Gasteiger charge is 2.14. The van der Waals surface area contributed by atoms with Crippen LogP contribution in [0, 0.1) is 0 Å². The van der Waals surface area contributed by atoms with Crippen molar-refractivity contribution in [2.24, 2.45) is 0 Å². The molecule has 0 heterocycles. The van der Waals surface area contributed by atoms with Crippen LogP contribution < -0.4 is 14.8 Å². The molecule has 0 aliphatic carbocycles. The number of hydrogen-bond donors (Lipinski definition) is 1. The highest BCUT2D eigenvalue weighted by Crippen LogP contribution is 2.26. The second-order valence-corrected chi connectivity index (χ2v) is 8.49. The Hall–Kier alpha value is -2.98. The topological polar surface area (TPSA) is 47.6 Å². The van der Waals surface area contributed by atoms with E-state index in [1.165, 1.54) is 5.56 Å². The van der Waals surface area contributed by atoms with Gasteiger partial charge >= 0.3 is 0 Å². The lowest BCUT2D eigenvalue weighted by molar-refractivity contribution is 0.102. The van der Waals surface area contributed by atoms with Crippen molar-refractivity contribution in [2.45, 2.75) is 32.8 Å². The fourth-order valence-electron chi connectivity index (χ4n) is 2.98. The summed E-state index contributed by atoms with van der Waals surface area (Å²) in [7, 11) is 1.60. The monoisotopic (exact) mass is 423 g/mol. The van der Waals surface area contributed by atoms with Crippen molar-refractivity contribution in [1.29, 1.82) is 0 Å².